The molecule has 1 saturated heterocycles. The average Bonchev–Trinajstić information content (AvgIpc) is 2.78. The summed E-state index contributed by atoms with van der Waals surface area (Å²) in [6.45, 7) is 5.47. The summed E-state index contributed by atoms with van der Waals surface area (Å²) in [7, 11) is -0.937. The topological polar surface area (TPSA) is 131 Å². The van der Waals surface area contributed by atoms with E-state index in [9.17, 15) is 18.0 Å². The Morgan fingerprint density at radius 2 is 1.68 bits per heavy atom. The smallest absolute Gasteiger partial charge is 0.410 e. The molecular formula is C23H27Cl2N5O7S. The number of hydrogen-bond donors (Lipinski definition) is 0. The zero-order valence-electron chi connectivity index (χ0n) is 21.6. The third-order valence-electron chi connectivity index (χ3n) is 5.84. The molecule has 206 valence electrons. The molecule has 0 bridgehead atoms. The largest absolute Gasteiger partial charge is 0.495 e. The molecule has 0 radical (unpaired) electrons. The monoisotopic (exact) mass is 587 g/mol. The molecule has 0 saturated carbocycles. The lowest BCUT2D eigenvalue weighted by Gasteiger charge is -2.48. The number of methoxy groups -OCH3 is 2. The van der Waals surface area contributed by atoms with Crippen LogP contribution in [0.5, 0.6) is 11.5 Å². The number of rotatable bonds is 5. The molecule has 1 aromatic heterocycles. The third kappa shape index (κ3) is 5.14. The molecule has 3 amide bonds. The predicted molar refractivity (Wildman–Crippen MR) is 140 cm³/mol. The van der Waals surface area contributed by atoms with Crippen molar-refractivity contribution in [2.45, 2.75) is 44.1 Å². The van der Waals surface area contributed by atoms with Gasteiger partial charge in [0.25, 0.3) is 0 Å². The van der Waals surface area contributed by atoms with Crippen LogP contribution in [0.3, 0.4) is 0 Å². The lowest BCUT2D eigenvalue weighted by molar-refractivity contribution is 0.00856. The van der Waals surface area contributed by atoms with E-state index < -0.39 is 38.8 Å². The van der Waals surface area contributed by atoms with Crippen LogP contribution in [0.4, 0.5) is 21.1 Å². The van der Waals surface area contributed by atoms with Gasteiger partial charge in [0.1, 0.15) is 33.0 Å². The summed E-state index contributed by atoms with van der Waals surface area (Å²) in [5.41, 5.74) is -0.106. The van der Waals surface area contributed by atoms with Gasteiger partial charge in [-0.2, -0.15) is 0 Å². The summed E-state index contributed by atoms with van der Waals surface area (Å²) in [4.78, 5) is 38.8. The molecule has 0 spiro atoms. The fraction of sp³-hybridized carbons (Fsp3) is 0.478. The van der Waals surface area contributed by atoms with Gasteiger partial charge in [0.05, 0.1) is 32.5 Å². The van der Waals surface area contributed by atoms with Crippen molar-refractivity contribution in [1.82, 2.24) is 14.9 Å². The Morgan fingerprint density at radius 1 is 1.11 bits per heavy atom. The lowest BCUT2D eigenvalue weighted by Crippen LogP contribution is -2.66. The number of halogens is 2. The van der Waals surface area contributed by atoms with E-state index in [4.69, 9.17) is 37.4 Å². The van der Waals surface area contributed by atoms with Crippen molar-refractivity contribution in [1.29, 1.82) is 0 Å². The van der Waals surface area contributed by atoms with E-state index >= 15 is 0 Å². The number of aromatic nitrogens is 2. The van der Waals surface area contributed by atoms with Crippen LogP contribution in [0.2, 0.25) is 10.0 Å². The van der Waals surface area contributed by atoms with Gasteiger partial charge < -0.3 is 19.1 Å². The number of anilines is 2. The molecule has 38 heavy (non-hydrogen) atoms. The zero-order valence-corrected chi connectivity index (χ0v) is 23.9. The van der Waals surface area contributed by atoms with Crippen molar-refractivity contribution >= 4 is 56.7 Å². The van der Waals surface area contributed by atoms with Gasteiger partial charge in [-0.3, -0.25) is 9.80 Å². The number of ether oxygens (including phenoxy) is 3. The van der Waals surface area contributed by atoms with Crippen LogP contribution in [-0.2, 0) is 21.1 Å². The highest BCUT2D eigenvalue weighted by Crippen LogP contribution is 2.48. The van der Waals surface area contributed by atoms with Crippen molar-refractivity contribution in [3.63, 3.8) is 0 Å². The fourth-order valence-corrected chi connectivity index (χ4v) is 5.25. The molecule has 0 aliphatic carbocycles. The quantitative estimate of drug-likeness (QED) is 0.479. The van der Waals surface area contributed by atoms with Gasteiger partial charge in [0, 0.05) is 37.2 Å². The number of sulfone groups is 1. The molecule has 3 heterocycles. The Morgan fingerprint density at radius 3 is 2.18 bits per heavy atom. The standard InChI is InChI=1S/C23H27Cl2N5O7S/c1-23(2,3)37-22(32)28-10-13(11-28)30-19-12(8-26-20(27-19)38(6,33)34)9-29(21(30)31)18-16(24)14(35-4)7-15(36-5)17(18)25/h7-8,13H,9-11H2,1-6H3. The van der Waals surface area contributed by atoms with Gasteiger partial charge in [-0.05, 0) is 20.8 Å². The first kappa shape index (κ1) is 28.0. The van der Waals surface area contributed by atoms with Gasteiger partial charge in [-0.15, -0.1) is 0 Å². The van der Waals surface area contributed by atoms with E-state index in [1.165, 1.54) is 41.2 Å². The maximum absolute atomic E-state index is 14.0. The number of hydrogen-bond acceptors (Lipinski definition) is 9. The second-order valence-electron chi connectivity index (χ2n) is 9.81. The minimum absolute atomic E-state index is 0.0625. The van der Waals surface area contributed by atoms with Crippen LogP contribution in [-0.4, -0.2) is 80.6 Å². The van der Waals surface area contributed by atoms with Crippen LogP contribution < -0.4 is 19.3 Å². The van der Waals surface area contributed by atoms with E-state index in [1.54, 1.807) is 20.8 Å². The molecule has 0 atom stereocenters. The van der Waals surface area contributed by atoms with Gasteiger partial charge >= 0.3 is 12.1 Å². The summed E-state index contributed by atoms with van der Waals surface area (Å²) < 4.78 is 40.5. The first-order valence-corrected chi connectivity index (χ1v) is 14.1. The predicted octanol–water partition coefficient (Wildman–Crippen LogP) is 3.77. The Kier molecular flexibility index (Phi) is 7.32. The minimum Gasteiger partial charge on any atom is -0.495 e. The highest BCUT2D eigenvalue weighted by molar-refractivity contribution is 7.90. The first-order valence-electron chi connectivity index (χ1n) is 11.4. The highest BCUT2D eigenvalue weighted by Gasteiger charge is 2.46. The molecule has 4 rings (SSSR count). The zero-order chi connectivity index (χ0) is 28.2. The Balaban J connectivity index is 1.78. The number of benzene rings is 1. The highest BCUT2D eigenvalue weighted by atomic mass is 35.5. The molecule has 0 N–H and O–H groups in total. The van der Waals surface area contributed by atoms with Gasteiger partial charge in [0.15, 0.2) is 0 Å². The van der Waals surface area contributed by atoms with Crippen LogP contribution in [0.1, 0.15) is 26.3 Å². The maximum Gasteiger partial charge on any atom is 0.410 e. The molecule has 15 heteroatoms. The summed E-state index contributed by atoms with van der Waals surface area (Å²) in [5.74, 6) is 0.589. The number of carbonyl (C=O) groups is 2. The van der Waals surface area contributed by atoms with Crippen molar-refractivity contribution in [2.24, 2.45) is 0 Å². The summed E-state index contributed by atoms with van der Waals surface area (Å²) in [6.07, 6.45) is 1.79. The lowest BCUT2D eigenvalue weighted by atomic mass is 10.1. The van der Waals surface area contributed by atoms with Gasteiger partial charge in [-0.25, -0.2) is 28.0 Å². The van der Waals surface area contributed by atoms with E-state index in [0.29, 0.717) is 5.56 Å². The normalized spacial score (nSPS) is 16.2. The van der Waals surface area contributed by atoms with E-state index in [0.717, 1.165) is 6.26 Å². The average molecular weight is 588 g/mol. The minimum atomic E-state index is -3.77. The van der Waals surface area contributed by atoms with Crippen LogP contribution in [0.15, 0.2) is 17.4 Å². The van der Waals surface area contributed by atoms with Crippen molar-refractivity contribution < 1.29 is 32.2 Å². The molecule has 12 nitrogen and oxygen atoms in total. The molecule has 1 fully saturated rings. The number of amides is 3. The number of likely N-dealkylation sites (tertiary alicyclic amines) is 1. The first-order chi connectivity index (χ1) is 17.7. The third-order valence-corrected chi connectivity index (χ3v) is 7.43. The Labute approximate surface area is 230 Å². The molecule has 2 aliphatic rings. The SMILES string of the molecule is COc1cc(OC)c(Cl)c(N2Cc3cnc(S(C)(=O)=O)nc3N(C3CN(C(=O)OC(C)(C)C)C3)C2=O)c1Cl. The van der Waals surface area contributed by atoms with Crippen molar-refractivity contribution in [2.75, 3.05) is 43.4 Å². The van der Waals surface area contributed by atoms with Crippen LogP contribution in [0.25, 0.3) is 0 Å². The van der Waals surface area contributed by atoms with Crippen LogP contribution in [0, 0.1) is 0 Å². The summed E-state index contributed by atoms with van der Waals surface area (Å²) >= 11 is 13.2. The van der Waals surface area contributed by atoms with Gasteiger partial charge in [-0.1, -0.05) is 23.2 Å². The number of urea groups is 1. The molecule has 2 aromatic rings. The summed E-state index contributed by atoms with van der Waals surface area (Å²) in [6, 6.07) is 0.382. The Bertz CT molecular complexity index is 1380. The van der Waals surface area contributed by atoms with E-state index in [-0.39, 0.29) is 52.7 Å². The second-order valence-corrected chi connectivity index (χ2v) is 12.5. The van der Waals surface area contributed by atoms with Gasteiger partial charge in [0.2, 0.25) is 15.0 Å². The molecular weight excluding hydrogens is 561 g/mol. The number of carbonyl (C=O) groups excluding carboxylic acids is 2. The maximum atomic E-state index is 14.0. The fourth-order valence-electron chi connectivity index (χ4n) is 4.05. The van der Waals surface area contributed by atoms with Crippen molar-refractivity contribution in [3.8, 4) is 11.5 Å². The van der Waals surface area contributed by atoms with E-state index in [2.05, 4.69) is 9.97 Å². The molecule has 1 aromatic carbocycles. The Hall–Kier alpha value is -3.03. The molecule has 2 aliphatic heterocycles. The van der Waals surface area contributed by atoms with E-state index in [1.807, 2.05) is 0 Å². The summed E-state index contributed by atoms with van der Waals surface area (Å²) in [5, 5.41) is -0.273. The second kappa shape index (κ2) is 9.93. The van der Waals surface area contributed by atoms with Crippen LogP contribution >= 0.6 is 23.2 Å². The number of fused-ring (bicyclic) bond motifs is 1. The van der Waals surface area contributed by atoms with Crippen molar-refractivity contribution in [3.05, 3.63) is 27.9 Å². The molecule has 0 unspecified atom stereocenters. The number of nitrogens with zero attached hydrogens (tertiary/aromatic N) is 5.